The van der Waals surface area contributed by atoms with E-state index in [0.29, 0.717) is 17.7 Å². The lowest BCUT2D eigenvalue weighted by Gasteiger charge is -2.14. The number of hydrogen-bond acceptors (Lipinski definition) is 5. The number of alkyl halides is 3. The zero-order valence-electron chi connectivity index (χ0n) is 13.7. The molecule has 1 atom stereocenters. The number of hydrazine groups is 1. The van der Waals surface area contributed by atoms with Gasteiger partial charge >= 0.3 is 6.18 Å². The predicted octanol–water partition coefficient (Wildman–Crippen LogP) is 3.56. The van der Waals surface area contributed by atoms with E-state index < -0.39 is 17.8 Å². The lowest BCUT2D eigenvalue weighted by atomic mass is 10.3. The van der Waals surface area contributed by atoms with Crippen LogP contribution in [-0.4, -0.2) is 24.0 Å². The van der Waals surface area contributed by atoms with E-state index >= 15 is 0 Å². The molecule has 1 unspecified atom stereocenters. The van der Waals surface area contributed by atoms with E-state index in [-0.39, 0.29) is 16.8 Å². The lowest BCUT2D eigenvalue weighted by molar-refractivity contribution is -0.137. The smallest absolute Gasteiger partial charge is 0.417 e. The first-order chi connectivity index (χ1) is 12.2. The van der Waals surface area contributed by atoms with Gasteiger partial charge in [-0.05, 0) is 37.3 Å². The molecule has 0 aliphatic carbocycles. The molecule has 26 heavy (non-hydrogen) atoms. The molecule has 0 aliphatic heterocycles. The van der Waals surface area contributed by atoms with Crippen LogP contribution in [0.2, 0.25) is 5.02 Å². The highest BCUT2D eigenvalue weighted by Gasteiger charge is 2.31. The number of carbonyl (C=O) groups excluding carboxylic acids is 1. The summed E-state index contributed by atoms with van der Waals surface area (Å²) >= 11 is 5.79. The Morgan fingerprint density at radius 3 is 2.38 bits per heavy atom. The molecule has 0 fully saturated rings. The summed E-state index contributed by atoms with van der Waals surface area (Å²) in [4.78, 5) is 15.2. The molecule has 0 aliphatic rings. The van der Waals surface area contributed by atoms with Crippen LogP contribution >= 0.6 is 11.6 Å². The molecule has 0 radical (unpaired) electrons. The number of nitrogens with one attached hydrogen (secondary N) is 2. The second-order valence-corrected chi connectivity index (χ2v) is 5.49. The third-order valence-corrected chi connectivity index (χ3v) is 3.37. The molecule has 0 saturated carbocycles. The summed E-state index contributed by atoms with van der Waals surface area (Å²) in [5.41, 5.74) is 3.92. The Morgan fingerprint density at radius 2 is 1.85 bits per heavy atom. The van der Waals surface area contributed by atoms with Crippen LogP contribution < -0.4 is 20.3 Å². The Labute approximate surface area is 152 Å². The van der Waals surface area contributed by atoms with Gasteiger partial charge in [0.05, 0.1) is 5.56 Å². The van der Waals surface area contributed by atoms with E-state index in [1.165, 1.54) is 24.3 Å². The van der Waals surface area contributed by atoms with E-state index in [9.17, 15) is 18.0 Å². The van der Waals surface area contributed by atoms with Gasteiger partial charge in [-0.2, -0.15) is 13.2 Å². The standard InChI is InChI=1S/C16H15ClF3N3O3/c1-9(14(24)23-21-2)25-11-3-5-12(6-4-11)26-15-13(17)7-10(8-22-15)16(18,19)20/h3-9,21H,1-2H3,(H,23,24). The molecule has 1 amide bonds. The normalized spacial score (nSPS) is 12.4. The van der Waals surface area contributed by atoms with Gasteiger partial charge in [-0.15, -0.1) is 0 Å². The molecular weight excluding hydrogens is 375 g/mol. The maximum absolute atomic E-state index is 12.6. The highest BCUT2D eigenvalue weighted by Crippen LogP contribution is 2.34. The largest absolute Gasteiger partial charge is 0.481 e. The average molecular weight is 390 g/mol. The number of benzene rings is 1. The maximum atomic E-state index is 12.6. The Kier molecular flexibility index (Phi) is 6.27. The van der Waals surface area contributed by atoms with Crippen molar-refractivity contribution in [2.75, 3.05) is 7.05 Å². The highest BCUT2D eigenvalue weighted by atomic mass is 35.5. The molecule has 6 nitrogen and oxygen atoms in total. The number of pyridine rings is 1. The highest BCUT2D eigenvalue weighted by molar-refractivity contribution is 6.31. The van der Waals surface area contributed by atoms with Crippen LogP contribution in [-0.2, 0) is 11.0 Å². The average Bonchev–Trinajstić information content (AvgIpc) is 2.57. The number of halogens is 4. The molecule has 2 rings (SSSR count). The number of ether oxygens (including phenoxy) is 2. The number of amides is 1. The molecule has 10 heteroatoms. The van der Waals surface area contributed by atoms with Crippen molar-refractivity contribution >= 4 is 17.5 Å². The van der Waals surface area contributed by atoms with Crippen LogP contribution in [0.1, 0.15) is 12.5 Å². The van der Waals surface area contributed by atoms with Gasteiger partial charge < -0.3 is 9.47 Å². The van der Waals surface area contributed by atoms with Gasteiger partial charge in [-0.3, -0.25) is 10.2 Å². The van der Waals surface area contributed by atoms with Crippen LogP contribution in [0.4, 0.5) is 13.2 Å². The van der Waals surface area contributed by atoms with Gasteiger partial charge in [-0.1, -0.05) is 11.6 Å². The van der Waals surface area contributed by atoms with Crippen molar-refractivity contribution in [2.45, 2.75) is 19.2 Å². The minimum absolute atomic E-state index is 0.157. The zero-order chi connectivity index (χ0) is 19.3. The molecule has 140 valence electrons. The lowest BCUT2D eigenvalue weighted by Crippen LogP contribution is -2.42. The minimum atomic E-state index is -4.54. The van der Waals surface area contributed by atoms with Crippen molar-refractivity contribution < 1.29 is 27.4 Å². The minimum Gasteiger partial charge on any atom is -0.481 e. The number of nitrogens with zero attached hydrogens (tertiary/aromatic N) is 1. The first-order valence-corrected chi connectivity index (χ1v) is 7.72. The van der Waals surface area contributed by atoms with Gasteiger partial charge in [0.1, 0.15) is 16.5 Å². The molecule has 0 spiro atoms. The molecule has 1 aromatic carbocycles. The Balaban J connectivity index is 2.04. The van der Waals surface area contributed by atoms with Gasteiger partial charge in [0.2, 0.25) is 5.88 Å². The fourth-order valence-corrected chi connectivity index (χ4v) is 2.04. The van der Waals surface area contributed by atoms with Crippen LogP contribution in [0, 0.1) is 0 Å². The fraction of sp³-hybridized carbons (Fsp3) is 0.250. The summed E-state index contributed by atoms with van der Waals surface area (Å²) in [7, 11) is 1.55. The van der Waals surface area contributed by atoms with Gasteiger partial charge in [0.15, 0.2) is 6.10 Å². The van der Waals surface area contributed by atoms with E-state index in [2.05, 4.69) is 15.8 Å². The van der Waals surface area contributed by atoms with Crippen molar-refractivity contribution in [3.8, 4) is 17.4 Å². The maximum Gasteiger partial charge on any atom is 0.417 e. The third kappa shape index (κ3) is 5.24. The van der Waals surface area contributed by atoms with E-state index in [0.717, 1.165) is 6.07 Å². The van der Waals surface area contributed by atoms with Crippen molar-refractivity contribution in [3.63, 3.8) is 0 Å². The SMILES string of the molecule is CNNC(=O)C(C)Oc1ccc(Oc2ncc(C(F)(F)F)cc2Cl)cc1. The van der Waals surface area contributed by atoms with Crippen molar-refractivity contribution in [1.29, 1.82) is 0 Å². The van der Waals surface area contributed by atoms with Gasteiger partial charge in [0.25, 0.3) is 5.91 Å². The second-order valence-electron chi connectivity index (χ2n) is 5.08. The second kappa shape index (κ2) is 8.24. The summed E-state index contributed by atoms with van der Waals surface area (Å²) in [6.45, 7) is 1.57. The summed E-state index contributed by atoms with van der Waals surface area (Å²) in [6.07, 6.45) is -4.63. The van der Waals surface area contributed by atoms with Crippen LogP contribution in [0.25, 0.3) is 0 Å². The van der Waals surface area contributed by atoms with Crippen molar-refractivity contribution in [3.05, 3.63) is 47.1 Å². The topological polar surface area (TPSA) is 72.5 Å². The molecule has 1 aromatic heterocycles. The fourth-order valence-electron chi connectivity index (χ4n) is 1.84. The quantitative estimate of drug-likeness (QED) is 0.739. The van der Waals surface area contributed by atoms with Gasteiger partial charge in [-0.25, -0.2) is 10.4 Å². The van der Waals surface area contributed by atoms with Crippen molar-refractivity contribution in [1.82, 2.24) is 15.8 Å². The molecular formula is C16H15ClF3N3O3. The molecule has 1 heterocycles. The van der Waals surface area contributed by atoms with E-state index in [4.69, 9.17) is 21.1 Å². The van der Waals surface area contributed by atoms with Crippen LogP contribution in [0.15, 0.2) is 36.5 Å². The summed E-state index contributed by atoms with van der Waals surface area (Å²) in [6, 6.07) is 6.83. The summed E-state index contributed by atoms with van der Waals surface area (Å²) in [5, 5.41) is -0.266. The Hall–Kier alpha value is -2.52. The van der Waals surface area contributed by atoms with E-state index in [1.807, 2.05) is 0 Å². The molecule has 2 N–H and O–H groups in total. The van der Waals surface area contributed by atoms with Crippen LogP contribution in [0.5, 0.6) is 17.4 Å². The van der Waals surface area contributed by atoms with Crippen LogP contribution in [0.3, 0.4) is 0 Å². The molecule has 0 saturated heterocycles. The van der Waals surface area contributed by atoms with Gasteiger partial charge in [0, 0.05) is 13.2 Å². The first-order valence-electron chi connectivity index (χ1n) is 7.34. The third-order valence-electron chi connectivity index (χ3n) is 3.10. The Morgan fingerprint density at radius 1 is 1.23 bits per heavy atom. The number of aromatic nitrogens is 1. The molecule has 0 bridgehead atoms. The number of carbonyl (C=O) groups is 1. The Bertz CT molecular complexity index is 770. The first kappa shape index (κ1) is 19.8. The van der Waals surface area contributed by atoms with E-state index in [1.54, 1.807) is 14.0 Å². The molecule has 2 aromatic rings. The van der Waals surface area contributed by atoms with Crippen molar-refractivity contribution in [2.24, 2.45) is 0 Å². The predicted molar refractivity (Wildman–Crippen MR) is 88.1 cm³/mol. The monoisotopic (exact) mass is 389 g/mol. The summed E-state index contributed by atoms with van der Waals surface area (Å²) in [5.74, 6) is 0.185. The number of hydrogen-bond donors (Lipinski definition) is 2. The number of rotatable bonds is 6. The zero-order valence-corrected chi connectivity index (χ0v) is 14.5. The summed E-state index contributed by atoms with van der Waals surface area (Å²) < 4.78 is 48.6.